The molecule has 1 saturated heterocycles. The number of aromatic amines is 1. The molecule has 8 heteroatoms. The fourth-order valence-corrected chi connectivity index (χ4v) is 1.83. The van der Waals surface area contributed by atoms with Gasteiger partial charge in [-0.15, -0.1) is 0 Å². The zero-order valence-corrected chi connectivity index (χ0v) is 9.75. The number of aromatic nitrogens is 2. The van der Waals surface area contributed by atoms with E-state index in [1.165, 1.54) is 0 Å². The van der Waals surface area contributed by atoms with Crippen LogP contribution in [0.25, 0.3) is 0 Å². The summed E-state index contributed by atoms with van der Waals surface area (Å²) in [6, 6.07) is 0. The van der Waals surface area contributed by atoms with Gasteiger partial charge >= 0.3 is 5.69 Å². The summed E-state index contributed by atoms with van der Waals surface area (Å²) in [6.07, 6.45) is -7.05. The molecule has 106 valence electrons. The van der Waals surface area contributed by atoms with Gasteiger partial charge in [0.15, 0.2) is 6.23 Å². The summed E-state index contributed by atoms with van der Waals surface area (Å²) in [7, 11) is 0. The van der Waals surface area contributed by atoms with Crippen LogP contribution in [0, 0.1) is 6.85 Å². The predicted octanol–water partition coefficient (Wildman–Crippen LogP) is -2.15. The van der Waals surface area contributed by atoms with Crippen LogP contribution >= 0.6 is 0 Å². The Labute approximate surface area is 116 Å². The molecule has 8 nitrogen and oxygen atoms in total. The van der Waals surface area contributed by atoms with Crippen LogP contribution in [0.15, 0.2) is 15.8 Å². The average molecular weight is 278 g/mol. The molecule has 4 atom stereocenters. The van der Waals surface area contributed by atoms with Gasteiger partial charge in [0, 0.05) is 15.8 Å². The Morgan fingerprint density at radius 1 is 1.74 bits per heavy atom. The van der Waals surface area contributed by atoms with Gasteiger partial charge in [-0.2, -0.15) is 0 Å². The molecule has 0 spiro atoms. The number of aliphatic hydroxyl groups is 3. The summed E-state index contributed by atoms with van der Waals surface area (Å²) in [5.41, 5.74) is -6.06. The minimum atomic E-state index is -3.11. The first-order valence-corrected chi connectivity index (χ1v) is 5.24. The van der Waals surface area contributed by atoms with E-state index in [0.29, 0.717) is 0 Å². The Hall–Kier alpha value is -1.48. The van der Waals surface area contributed by atoms with E-state index < -0.39 is 60.4 Å². The largest absolute Gasteiger partial charge is 0.394 e. The molecule has 19 heavy (non-hydrogen) atoms. The second-order valence-corrected chi connectivity index (χ2v) is 4.32. The van der Waals surface area contributed by atoms with Crippen molar-refractivity contribution in [2.75, 3.05) is 6.56 Å². The number of ether oxygens (including phenoxy) is 1. The summed E-state index contributed by atoms with van der Waals surface area (Å²) >= 11 is 0. The van der Waals surface area contributed by atoms with Crippen LogP contribution in [-0.4, -0.2) is 49.2 Å². The molecule has 0 saturated carbocycles. The molecule has 1 aromatic rings. The van der Waals surface area contributed by atoms with Gasteiger partial charge in [0.25, 0.3) is 5.56 Å². The summed E-state index contributed by atoms with van der Waals surface area (Å²) in [5, 5.41) is 29.8. The van der Waals surface area contributed by atoms with Crippen molar-refractivity contribution in [2.24, 2.45) is 0 Å². The van der Waals surface area contributed by atoms with Gasteiger partial charge in [-0.1, -0.05) is 0 Å². The summed E-state index contributed by atoms with van der Waals surface area (Å²) < 4.78 is 49.5. The number of H-pyrrole nitrogens is 1. The van der Waals surface area contributed by atoms with Crippen molar-refractivity contribution < 1.29 is 28.3 Å². The molecule has 1 fully saturated rings. The van der Waals surface area contributed by atoms with Crippen LogP contribution in [0.3, 0.4) is 0 Å². The molecule has 0 aliphatic carbocycles. The molecular formula is C11H16N2O6. The highest BCUT2D eigenvalue weighted by Gasteiger charge is 2.53. The molecule has 1 aliphatic rings. The van der Waals surface area contributed by atoms with Gasteiger partial charge in [0.05, 0.1) is 10.7 Å². The SMILES string of the molecule is [2H]c1c(C([2H])([2H])[2H])c(=O)[nH]c(=O)n1C1O[C@H](C([2H])([2H])O)[C@@H](O)[C@@]1(C)O. The van der Waals surface area contributed by atoms with Crippen LogP contribution < -0.4 is 11.2 Å². The first kappa shape index (κ1) is 7.95. The third-order valence-electron chi connectivity index (χ3n) is 2.92. The van der Waals surface area contributed by atoms with Crippen molar-refractivity contribution >= 4 is 0 Å². The Balaban J connectivity index is 2.71. The van der Waals surface area contributed by atoms with Crippen LogP contribution in [-0.2, 0) is 4.74 Å². The minimum absolute atomic E-state index is 0.276. The lowest BCUT2D eigenvalue weighted by Crippen LogP contribution is -2.47. The number of hydrogen-bond acceptors (Lipinski definition) is 6. The maximum Gasteiger partial charge on any atom is 0.330 e. The summed E-state index contributed by atoms with van der Waals surface area (Å²) in [4.78, 5) is 25.5. The minimum Gasteiger partial charge on any atom is -0.394 e. The van der Waals surface area contributed by atoms with Crippen LogP contribution in [0.4, 0.5) is 0 Å². The van der Waals surface area contributed by atoms with Gasteiger partial charge < -0.3 is 20.1 Å². The Morgan fingerprint density at radius 3 is 2.95 bits per heavy atom. The number of nitrogens with one attached hydrogen (secondary N) is 1. The fraction of sp³-hybridized carbons (Fsp3) is 0.636. The zero-order valence-electron chi connectivity index (χ0n) is 15.7. The maximum absolute atomic E-state index is 12.1. The Morgan fingerprint density at radius 2 is 2.42 bits per heavy atom. The lowest BCUT2D eigenvalue weighted by atomic mass is 9.96. The van der Waals surface area contributed by atoms with E-state index in [4.69, 9.17) is 13.0 Å². The molecule has 1 aromatic heterocycles. The molecule has 1 unspecified atom stereocenters. The molecule has 4 N–H and O–H groups in total. The first-order chi connectivity index (χ1) is 11.1. The fourth-order valence-electron chi connectivity index (χ4n) is 1.83. The van der Waals surface area contributed by atoms with Crippen LogP contribution in [0.1, 0.15) is 26.9 Å². The van der Waals surface area contributed by atoms with Gasteiger partial charge in [-0.3, -0.25) is 14.3 Å². The average Bonchev–Trinajstić information content (AvgIpc) is 2.59. The normalized spacial score (nSPS) is 40.7. The maximum atomic E-state index is 12.1. The van der Waals surface area contributed by atoms with Gasteiger partial charge in [0.1, 0.15) is 17.8 Å². The van der Waals surface area contributed by atoms with E-state index >= 15 is 0 Å². The Kier molecular flexibility index (Phi) is 1.91. The Bertz CT molecular complexity index is 794. The van der Waals surface area contributed by atoms with Gasteiger partial charge in [0.2, 0.25) is 0 Å². The number of rotatable bonds is 2. The molecule has 0 amide bonds. The standard InChI is InChI=1S/C11H16N2O6/c1-5-3-13(10(17)12-8(5)16)9-11(2,18)7(15)6(4-14)19-9/h3,6-7,9,14-15,18H,4H2,1-2H3,(H,12,16,17)/t6-,7-,9?,11-/m1/s1/i1D3,3D,4D2. The second kappa shape index (κ2) is 4.57. The lowest BCUT2D eigenvalue weighted by molar-refractivity contribution is -0.0988. The molecule has 2 rings (SSSR count). The number of nitrogens with zero attached hydrogens (tertiary/aromatic N) is 1. The third-order valence-corrected chi connectivity index (χ3v) is 2.92. The van der Waals surface area contributed by atoms with E-state index in [0.717, 1.165) is 6.92 Å². The highest BCUT2D eigenvalue weighted by atomic mass is 16.6. The molecule has 0 aromatic carbocycles. The number of aliphatic hydroxyl groups excluding tert-OH is 1. The predicted molar refractivity (Wildman–Crippen MR) is 63.7 cm³/mol. The summed E-state index contributed by atoms with van der Waals surface area (Å²) in [6.45, 7) is -5.23. The summed E-state index contributed by atoms with van der Waals surface area (Å²) in [5.74, 6) is 0. The first-order valence-electron chi connectivity index (χ1n) is 8.24. The molecule has 0 radical (unpaired) electrons. The zero-order chi connectivity index (χ0) is 19.5. The number of hydrogen-bond donors (Lipinski definition) is 4. The van der Waals surface area contributed by atoms with Crippen LogP contribution in [0.5, 0.6) is 0 Å². The molecule has 0 bridgehead atoms. The van der Waals surface area contributed by atoms with E-state index in [2.05, 4.69) is 0 Å². The van der Waals surface area contributed by atoms with E-state index in [1.807, 2.05) is 0 Å². The van der Waals surface area contributed by atoms with E-state index in [9.17, 15) is 24.9 Å². The van der Waals surface area contributed by atoms with Crippen molar-refractivity contribution in [1.29, 1.82) is 0 Å². The van der Waals surface area contributed by atoms with Crippen molar-refractivity contribution in [2.45, 2.75) is 37.8 Å². The molecule has 2 heterocycles. The van der Waals surface area contributed by atoms with Crippen molar-refractivity contribution in [3.8, 4) is 0 Å². The highest BCUT2D eigenvalue weighted by molar-refractivity contribution is 5.05. The smallest absolute Gasteiger partial charge is 0.330 e. The molecular weight excluding hydrogens is 256 g/mol. The van der Waals surface area contributed by atoms with Gasteiger partial charge in [-0.05, 0) is 13.8 Å². The monoisotopic (exact) mass is 278 g/mol. The second-order valence-electron chi connectivity index (χ2n) is 4.32. The lowest BCUT2D eigenvalue weighted by Gasteiger charge is -2.27. The van der Waals surface area contributed by atoms with Crippen molar-refractivity contribution in [1.82, 2.24) is 9.55 Å². The quantitative estimate of drug-likeness (QED) is 0.489. The van der Waals surface area contributed by atoms with Crippen molar-refractivity contribution in [3.63, 3.8) is 0 Å². The van der Waals surface area contributed by atoms with Gasteiger partial charge in [-0.25, -0.2) is 4.79 Å². The topological polar surface area (TPSA) is 125 Å². The van der Waals surface area contributed by atoms with E-state index in [1.54, 1.807) is 4.98 Å². The molecule has 1 aliphatic heterocycles. The highest BCUT2D eigenvalue weighted by Crippen LogP contribution is 2.37. The van der Waals surface area contributed by atoms with Crippen molar-refractivity contribution in [3.05, 3.63) is 32.6 Å². The van der Waals surface area contributed by atoms with E-state index in [-0.39, 0.29) is 4.57 Å². The third kappa shape index (κ3) is 2.12. The van der Waals surface area contributed by atoms with Crippen LogP contribution in [0.2, 0.25) is 0 Å².